The van der Waals surface area contributed by atoms with Gasteiger partial charge in [0.05, 0.1) is 5.69 Å². The number of carbonyl (C=O) groups excluding carboxylic acids is 1. The Bertz CT molecular complexity index is 357. The summed E-state index contributed by atoms with van der Waals surface area (Å²) in [4.78, 5) is 18.8. The minimum Gasteiger partial charge on any atom is -0.455 e. The van der Waals surface area contributed by atoms with E-state index in [4.69, 9.17) is 9.84 Å². The van der Waals surface area contributed by atoms with Gasteiger partial charge in [-0.3, -0.25) is 14.8 Å². The molecule has 5 nitrogen and oxygen atoms in total. The molecule has 0 radical (unpaired) electrons. The van der Waals surface area contributed by atoms with Crippen LogP contribution in [0.1, 0.15) is 31.2 Å². The molecule has 1 unspecified atom stereocenters. The summed E-state index contributed by atoms with van der Waals surface area (Å²) >= 11 is 0. The number of aryl methyl sites for hydroxylation is 1. The summed E-state index contributed by atoms with van der Waals surface area (Å²) in [5, 5.41) is 8.83. The van der Waals surface area contributed by atoms with Crippen LogP contribution in [0, 0.1) is 6.92 Å². The minimum absolute atomic E-state index is 0.0527. The monoisotopic (exact) mass is 224 g/mol. The van der Waals surface area contributed by atoms with E-state index in [9.17, 15) is 4.79 Å². The van der Waals surface area contributed by atoms with Crippen LogP contribution in [-0.4, -0.2) is 28.2 Å². The Labute approximate surface area is 94.5 Å². The maximum atomic E-state index is 10.5. The lowest BCUT2D eigenvalue weighted by Crippen LogP contribution is -2.28. The second-order valence-corrected chi connectivity index (χ2v) is 3.76. The third kappa shape index (κ3) is 2.76. The van der Waals surface area contributed by atoms with Crippen molar-refractivity contribution in [2.24, 2.45) is 0 Å². The molecule has 0 spiro atoms. The van der Waals surface area contributed by atoms with Gasteiger partial charge in [0.2, 0.25) is 0 Å². The molecule has 16 heavy (non-hydrogen) atoms. The highest BCUT2D eigenvalue weighted by atomic mass is 16.5. The van der Waals surface area contributed by atoms with Crippen molar-refractivity contribution in [1.82, 2.24) is 9.97 Å². The Balaban J connectivity index is 3.00. The number of carbonyl (C=O) groups is 1. The first-order valence-corrected chi connectivity index (χ1v) is 5.14. The van der Waals surface area contributed by atoms with E-state index < -0.39 is 5.60 Å². The number of rotatable bonds is 6. The molecule has 88 valence electrons. The van der Waals surface area contributed by atoms with Gasteiger partial charge in [-0.25, -0.2) is 0 Å². The molecule has 0 aliphatic carbocycles. The first-order valence-electron chi connectivity index (χ1n) is 5.14. The molecule has 1 aromatic rings. The zero-order chi connectivity index (χ0) is 12.0. The smallest absolute Gasteiger partial charge is 0.294 e. The fraction of sp³-hybridized carbons (Fsp3) is 0.545. The Morgan fingerprint density at radius 2 is 2.19 bits per heavy atom. The van der Waals surface area contributed by atoms with E-state index in [0.29, 0.717) is 25.0 Å². The number of aromatic nitrogens is 2. The van der Waals surface area contributed by atoms with Crippen molar-refractivity contribution in [2.75, 3.05) is 6.61 Å². The largest absolute Gasteiger partial charge is 0.455 e. The maximum Gasteiger partial charge on any atom is 0.294 e. The summed E-state index contributed by atoms with van der Waals surface area (Å²) in [6.45, 7) is 4.05. The van der Waals surface area contributed by atoms with Crippen LogP contribution in [0.25, 0.3) is 0 Å². The normalized spacial score (nSPS) is 14.2. The van der Waals surface area contributed by atoms with Gasteiger partial charge in [-0.15, -0.1) is 0 Å². The highest BCUT2D eigenvalue weighted by Crippen LogP contribution is 2.29. The van der Waals surface area contributed by atoms with Crippen LogP contribution >= 0.6 is 0 Å². The van der Waals surface area contributed by atoms with Crippen molar-refractivity contribution in [3.05, 3.63) is 23.8 Å². The molecular formula is C11H16N2O3. The van der Waals surface area contributed by atoms with Gasteiger partial charge in [0.15, 0.2) is 5.60 Å². The number of nitrogens with zero attached hydrogens (tertiary/aromatic N) is 2. The SMILES string of the molecule is Cc1nccnc1C(C)(CCCO)OC=O. The quantitative estimate of drug-likeness (QED) is 0.728. The molecule has 0 amide bonds. The second-order valence-electron chi connectivity index (χ2n) is 3.76. The van der Waals surface area contributed by atoms with Crippen molar-refractivity contribution in [2.45, 2.75) is 32.3 Å². The summed E-state index contributed by atoms with van der Waals surface area (Å²) < 4.78 is 5.10. The molecule has 0 fully saturated rings. The summed E-state index contributed by atoms with van der Waals surface area (Å²) in [7, 11) is 0. The van der Waals surface area contributed by atoms with Gasteiger partial charge < -0.3 is 9.84 Å². The predicted octanol–water partition coefficient (Wildman–Crippen LogP) is 0.946. The lowest BCUT2D eigenvalue weighted by Gasteiger charge is -2.27. The third-order valence-electron chi connectivity index (χ3n) is 2.50. The molecule has 0 aromatic carbocycles. The molecular weight excluding hydrogens is 208 g/mol. The summed E-state index contributed by atoms with van der Waals surface area (Å²) in [5.74, 6) is 0. The zero-order valence-corrected chi connectivity index (χ0v) is 9.51. The summed E-state index contributed by atoms with van der Waals surface area (Å²) in [5.41, 5.74) is 0.545. The van der Waals surface area contributed by atoms with Gasteiger partial charge in [0, 0.05) is 19.0 Å². The number of aliphatic hydroxyl groups is 1. The van der Waals surface area contributed by atoms with E-state index in [0.717, 1.165) is 5.69 Å². The van der Waals surface area contributed by atoms with Crippen LogP contribution in [0.5, 0.6) is 0 Å². The van der Waals surface area contributed by atoms with Crippen LogP contribution < -0.4 is 0 Å². The Hall–Kier alpha value is -1.49. The average Bonchev–Trinajstić information content (AvgIpc) is 2.27. The van der Waals surface area contributed by atoms with E-state index in [1.165, 1.54) is 0 Å². The van der Waals surface area contributed by atoms with Gasteiger partial charge in [-0.2, -0.15) is 0 Å². The molecule has 0 saturated heterocycles. The number of ether oxygens (including phenoxy) is 1. The molecule has 1 aromatic heterocycles. The van der Waals surface area contributed by atoms with Gasteiger partial charge in [-0.1, -0.05) is 0 Å². The number of hydrogen-bond acceptors (Lipinski definition) is 5. The van der Waals surface area contributed by atoms with Crippen LogP contribution in [0.4, 0.5) is 0 Å². The number of hydrogen-bond donors (Lipinski definition) is 1. The number of aliphatic hydroxyl groups excluding tert-OH is 1. The lowest BCUT2D eigenvalue weighted by molar-refractivity contribution is -0.144. The van der Waals surface area contributed by atoms with Crippen LogP contribution in [-0.2, 0) is 15.1 Å². The molecule has 0 bridgehead atoms. The molecule has 0 aliphatic rings. The molecule has 0 saturated carbocycles. The van der Waals surface area contributed by atoms with Crippen molar-refractivity contribution in [3.63, 3.8) is 0 Å². The zero-order valence-electron chi connectivity index (χ0n) is 9.51. The van der Waals surface area contributed by atoms with Gasteiger partial charge in [0.25, 0.3) is 6.47 Å². The van der Waals surface area contributed by atoms with E-state index in [1.54, 1.807) is 19.3 Å². The Morgan fingerprint density at radius 1 is 1.50 bits per heavy atom. The van der Waals surface area contributed by atoms with E-state index in [-0.39, 0.29) is 6.61 Å². The van der Waals surface area contributed by atoms with Crippen molar-refractivity contribution in [1.29, 1.82) is 0 Å². The molecule has 5 heteroatoms. The average molecular weight is 224 g/mol. The molecule has 0 aliphatic heterocycles. The lowest BCUT2D eigenvalue weighted by atomic mass is 9.94. The molecule has 1 N–H and O–H groups in total. The van der Waals surface area contributed by atoms with Crippen molar-refractivity contribution < 1.29 is 14.6 Å². The summed E-state index contributed by atoms with van der Waals surface area (Å²) in [6, 6.07) is 0. The molecule has 1 heterocycles. The fourth-order valence-corrected chi connectivity index (χ4v) is 1.68. The van der Waals surface area contributed by atoms with Gasteiger partial charge in [-0.05, 0) is 26.7 Å². The maximum absolute atomic E-state index is 10.5. The highest BCUT2D eigenvalue weighted by molar-refractivity contribution is 5.39. The van der Waals surface area contributed by atoms with Crippen LogP contribution in [0.15, 0.2) is 12.4 Å². The van der Waals surface area contributed by atoms with Crippen molar-refractivity contribution >= 4 is 6.47 Å². The first-order chi connectivity index (χ1) is 7.64. The van der Waals surface area contributed by atoms with Crippen LogP contribution in [0.3, 0.4) is 0 Å². The van der Waals surface area contributed by atoms with E-state index in [1.807, 2.05) is 6.92 Å². The predicted molar refractivity (Wildman–Crippen MR) is 57.6 cm³/mol. The molecule has 1 rings (SSSR count). The van der Waals surface area contributed by atoms with Crippen molar-refractivity contribution in [3.8, 4) is 0 Å². The first kappa shape index (κ1) is 12.6. The summed E-state index contributed by atoms with van der Waals surface area (Å²) in [6.07, 6.45) is 4.21. The molecule has 1 atom stereocenters. The third-order valence-corrected chi connectivity index (χ3v) is 2.50. The van der Waals surface area contributed by atoms with Crippen LogP contribution in [0.2, 0.25) is 0 Å². The van der Waals surface area contributed by atoms with E-state index in [2.05, 4.69) is 9.97 Å². The Kier molecular flexibility index (Phi) is 4.37. The van der Waals surface area contributed by atoms with Gasteiger partial charge >= 0.3 is 0 Å². The highest BCUT2D eigenvalue weighted by Gasteiger charge is 2.31. The second kappa shape index (κ2) is 5.55. The fourth-order valence-electron chi connectivity index (χ4n) is 1.68. The Morgan fingerprint density at radius 3 is 2.75 bits per heavy atom. The van der Waals surface area contributed by atoms with E-state index >= 15 is 0 Å². The topological polar surface area (TPSA) is 72.3 Å². The minimum atomic E-state index is -0.817. The standard InChI is InChI=1S/C11H16N2O3/c1-9-10(13-6-5-12-9)11(2,16-8-15)4-3-7-14/h5-6,8,14H,3-4,7H2,1-2H3. The van der Waals surface area contributed by atoms with Gasteiger partial charge in [0.1, 0.15) is 5.69 Å².